The van der Waals surface area contributed by atoms with E-state index in [1.54, 1.807) is 7.11 Å². The van der Waals surface area contributed by atoms with E-state index in [1.807, 2.05) is 0 Å². The number of methoxy groups -OCH3 is 1. The van der Waals surface area contributed by atoms with Crippen LogP contribution in [0.3, 0.4) is 0 Å². The van der Waals surface area contributed by atoms with Crippen LogP contribution in [0.5, 0.6) is 5.88 Å². The first-order chi connectivity index (χ1) is 8.38. The van der Waals surface area contributed by atoms with Gasteiger partial charge in [-0.15, -0.1) is 0 Å². The van der Waals surface area contributed by atoms with Crippen molar-refractivity contribution >= 4 is 0 Å². The fourth-order valence-corrected chi connectivity index (χ4v) is 2.46. The summed E-state index contributed by atoms with van der Waals surface area (Å²) in [4.78, 5) is 9.23. The van der Waals surface area contributed by atoms with Gasteiger partial charge in [-0.25, -0.2) is 4.98 Å². The minimum Gasteiger partial charge on any atom is -0.481 e. The van der Waals surface area contributed by atoms with Crippen LogP contribution in [-0.4, -0.2) is 30.3 Å². The molecule has 0 aliphatic carbocycles. The van der Waals surface area contributed by atoms with Crippen LogP contribution < -0.4 is 10.1 Å². The van der Waals surface area contributed by atoms with Crippen LogP contribution in [0, 0.1) is 0 Å². The predicted octanol–water partition coefficient (Wildman–Crippen LogP) is 0.982. The zero-order valence-electron chi connectivity index (χ0n) is 10.0. The number of nitrogens with one attached hydrogen (secondary N) is 1. The topological polar surface area (TPSA) is 56.3 Å². The molecule has 0 unspecified atom stereocenters. The fourth-order valence-electron chi connectivity index (χ4n) is 2.46. The molecule has 0 bridgehead atoms. The van der Waals surface area contributed by atoms with Crippen molar-refractivity contribution in [1.82, 2.24) is 15.3 Å². The summed E-state index contributed by atoms with van der Waals surface area (Å²) in [5.74, 6) is 2.08. The van der Waals surface area contributed by atoms with Crippen LogP contribution >= 0.6 is 0 Å². The summed E-state index contributed by atoms with van der Waals surface area (Å²) in [7, 11) is 1.68. The Morgan fingerprint density at radius 1 is 1.24 bits per heavy atom. The fraction of sp³-hybridized carbons (Fsp3) is 0.667. The van der Waals surface area contributed by atoms with Gasteiger partial charge in [-0.2, -0.15) is 4.98 Å². The Morgan fingerprint density at radius 2 is 2.06 bits per heavy atom. The molecule has 0 radical (unpaired) electrons. The number of nitrogens with zero attached hydrogens (tertiary/aromatic N) is 2. The normalized spacial score (nSPS) is 20.3. The van der Waals surface area contributed by atoms with E-state index >= 15 is 0 Å². The minimum atomic E-state index is 0.420. The van der Waals surface area contributed by atoms with Gasteiger partial charge in [0.15, 0.2) is 0 Å². The third-order valence-corrected chi connectivity index (χ3v) is 3.45. The van der Waals surface area contributed by atoms with Crippen molar-refractivity contribution < 1.29 is 9.47 Å². The van der Waals surface area contributed by atoms with Gasteiger partial charge in [-0.1, -0.05) is 0 Å². The number of aromatic nitrogens is 2. The van der Waals surface area contributed by atoms with Crippen molar-refractivity contribution in [3.8, 4) is 5.88 Å². The number of ether oxygens (including phenoxy) is 2. The number of hydrogen-bond acceptors (Lipinski definition) is 5. The lowest BCUT2D eigenvalue weighted by Crippen LogP contribution is -2.17. The quantitative estimate of drug-likeness (QED) is 0.828. The highest BCUT2D eigenvalue weighted by Crippen LogP contribution is 2.29. The van der Waals surface area contributed by atoms with Crippen LogP contribution in [-0.2, 0) is 17.8 Å². The van der Waals surface area contributed by atoms with Crippen LogP contribution in [0.2, 0.25) is 0 Å². The highest BCUT2D eigenvalue weighted by Gasteiger charge is 2.24. The molecular weight excluding hydrogens is 218 g/mol. The molecule has 3 rings (SSSR count). The van der Waals surface area contributed by atoms with Gasteiger partial charge in [-0.05, 0) is 12.8 Å². The van der Waals surface area contributed by atoms with E-state index in [0.29, 0.717) is 5.92 Å². The maximum Gasteiger partial charge on any atom is 0.221 e. The van der Waals surface area contributed by atoms with Crippen LogP contribution in [0.25, 0.3) is 0 Å². The van der Waals surface area contributed by atoms with E-state index in [4.69, 9.17) is 9.47 Å². The first-order valence-corrected chi connectivity index (χ1v) is 6.10. The third kappa shape index (κ3) is 2.00. The molecule has 0 atom stereocenters. The Labute approximate surface area is 101 Å². The molecule has 0 spiro atoms. The average molecular weight is 235 g/mol. The Kier molecular flexibility index (Phi) is 2.94. The van der Waals surface area contributed by atoms with Gasteiger partial charge < -0.3 is 14.8 Å². The second-order valence-corrected chi connectivity index (χ2v) is 4.51. The molecule has 1 N–H and O–H groups in total. The van der Waals surface area contributed by atoms with E-state index in [9.17, 15) is 0 Å². The van der Waals surface area contributed by atoms with E-state index in [2.05, 4.69) is 15.3 Å². The van der Waals surface area contributed by atoms with Crippen molar-refractivity contribution in [1.29, 1.82) is 0 Å². The SMILES string of the molecule is COc1nc(C2CCOCC2)nc2c1CNC2. The Balaban J connectivity index is 1.94. The summed E-state index contributed by atoms with van der Waals surface area (Å²) in [6, 6.07) is 0. The highest BCUT2D eigenvalue weighted by atomic mass is 16.5. The molecule has 5 heteroatoms. The van der Waals surface area contributed by atoms with Crippen molar-refractivity contribution in [3.05, 3.63) is 17.1 Å². The monoisotopic (exact) mass is 235 g/mol. The summed E-state index contributed by atoms with van der Waals surface area (Å²) in [5, 5.41) is 3.29. The lowest BCUT2D eigenvalue weighted by atomic mass is 9.99. The summed E-state index contributed by atoms with van der Waals surface area (Å²) >= 11 is 0. The standard InChI is InChI=1S/C12H17N3O2/c1-16-12-9-6-13-7-10(9)14-11(15-12)8-2-4-17-5-3-8/h8,13H,2-7H2,1H3. The first kappa shape index (κ1) is 10.9. The summed E-state index contributed by atoms with van der Waals surface area (Å²) in [5.41, 5.74) is 2.21. The zero-order chi connectivity index (χ0) is 11.7. The van der Waals surface area contributed by atoms with Crippen molar-refractivity contribution in [2.45, 2.75) is 31.8 Å². The molecule has 0 saturated carbocycles. The first-order valence-electron chi connectivity index (χ1n) is 6.10. The summed E-state index contributed by atoms with van der Waals surface area (Å²) in [6.45, 7) is 3.26. The summed E-state index contributed by atoms with van der Waals surface area (Å²) in [6.07, 6.45) is 2.02. The van der Waals surface area contributed by atoms with Gasteiger partial charge in [0, 0.05) is 32.2 Å². The zero-order valence-corrected chi connectivity index (χ0v) is 10.0. The molecular formula is C12H17N3O2. The van der Waals surface area contributed by atoms with Gasteiger partial charge in [-0.3, -0.25) is 0 Å². The van der Waals surface area contributed by atoms with Crippen LogP contribution in [0.4, 0.5) is 0 Å². The molecule has 2 aliphatic rings. The second-order valence-electron chi connectivity index (χ2n) is 4.51. The Hall–Kier alpha value is -1.20. The predicted molar refractivity (Wildman–Crippen MR) is 61.9 cm³/mol. The highest BCUT2D eigenvalue weighted by molar-refractivity contribution is 5.34. The van der Waals surface area contributed by atoms with Gasteiger partial charge in [0.2, 0.25) is 5.88 Å². The molecule has 1 saturated heterocycles. The summed E-state index contributed by atoms with van der Waals surface area (Å²) < 4.78 is 10.7. The van der Waals surface area contributed by atoms with E-state index in [1.165, 1.54) is 0 Å². The molecule has 17 heavy (non-hydrogen) atoms. The lowest BCUT2D eigenvalue weighted by Gasteiger charge is -2.21. The molecule has 1 aromatic heterocycles. The number of hydrogen-bond donors (Lipinski definition) is 1. The maximum absolute atomic E-state index is 5.37. The Bertz CT molecular complexity index is 416. The second kappa shape index (κ2) is 4.58. The third-order valence-electron chi connectivity index (χ3n) is 3.45. The molecule has 1 fully saturated rings. The number of fused-ring (bicyclic) bond motifs is 1. The largest absolute Gasteiger partial charge is 0.481 e. The molecule has 2 aliphatic heterocycles. The van der Waals surface area contributed by atoms with Crippen molar-refractivity contribution in [2.75, 3.05) is 20.3 Å². The van der Waals surface area contributed by atoms with Gasteiger partial charge in [0.05, 0.1) is 18.4 Å². The molecule has 3 heterocycles. The molecule has 1 aromatic rings. The van der Waals surface area contributed by atoms with E-state index in [-0.39, 0.29) is 0 Å². The lowest BCUT2D eigenvalue weighted by molar-refractivity contribution is 0.0834. The van der Waals surface area contributed by atoms with Crippen LogP contribution in [0.15, 0.2) is 0 Å². The molecule has 92 valence electrons. The van der Waals surface area contributed by atoms with Crippen molar-refractivity contribution in [3.63, 3.8) is 0 Å². The van der Waals surface area contributed by atoms with E-state index < -0.39 is 0 Å². The van der Waals surface area contributed by atoms with E-state index in [0.717, 1.165) is 62.1 Å². The van der Waals surface area contributed by atoms with Crippen molar-refractivity contribution in [2.24, 2.45) is 0 Å². The maximum atomic E-state index is 5.37. The van der Waals surface area contributed by atoms with Gasteiger partial charge >= 0.3 is 0 Å². The smallest absolute Gasteiger partial charge is 0.221 e. The van der Waals surface area contributed by atoms with Gasteiger partial charge in [0.25, 0.3) is 0 Å². The average Bonchev–Trinajstić information content (AvgIpc) is 2.86. The Morgan fingerprint density at radius 3 is 2.82 bits per heavy atom. The van der Waals surface area contributed by atoms with Gasteiger partial charge in [0.1, 0.15) is 5.82 Å². The molecule has 5 nitrogen and oxygen atoms in total. The minimum absolute atomic E-state index is 0.420. The molecule has 0 amide bonds. The van der Waals surface area contributed by atoms with Crippen LogP contribution in [0.1, 0.15) is 35.8 Å². The number of rotatable bonds is 2. The molecule has 0 aromatic carbocycles.